The Morgan fingerprint density at radius 1 is 1.47 bits per heavy atom. The van der Waals surface area contributed by atoms with Crippen LogP contribution in [0, 0.1) is 19.8 Å². The molecule has 1 fully saturated rings. The van der Waals surface area contributed by atoms with Crippen LogP contribution in [0.5, 0.6) is 0 Å². The fourth-order valence-electron chi connectivity index (χ4n) is 2.75. The van der Waals surface area contributed by atoms with Crippen LogP contribution >= 0.6 is 0 Å². The molecule has 1 aromatic rings. The number of nitrogens with zero attached hydrogens (tertiary/aromatic N) is 2. The van der Waals surface area contributed by atoms with Crippen molar-refractivity contribution in [1.82, 2.24) is 19.8 Å². The number of aromatic amines is 1. The van der Waals surface area contributed by atoms with Crippen molar-refractivity contribution in [3.05, 3.63) is 11.4 Å². The summed E-state index contributed by atoms with van der Waals surface area (Å²) in [6.07, 6.45) is 2.00. The van der Waals surface area contributed by atoms with E-state index in [1.807, 2.05) is 7.05 Å². The number of H-pyrrole nitrogens is 1. The number of aromatic nitrogens is 2. The average Bonchev–Trinajstić information content (AvgIpc) is 2.70. The van der Waals surface area contributed by atoms with E-state index in [9.17, 15) is 8.42 Å². The number of nitrogens with one attached hydrogen (secondary N) is 2. The number of sulfonamides is 1. The number of hydrogen-bond donors (Lipinski definition) is 2. The lowest BCUT2D eigenvalue weighted by Crippen LogP contribution is -2.42. The maximum Gasteiger partial charge on any atom is 0.246 e. The van der Waals surface area contributed by atoms with Crippen LogP contribution in [0.25, 0.3) is 0 Å². The molecule has 1 atom stereocenters. The summed E-state index contributed by atoms with van der Waals surface area (Å²) in [5.41, 5.74) is 1.17. The molecule has 7 heteroatoms. The van der Waals surface area contributed by atoms with Crippen LogP contribution in [-0.4, -0.2) is 49.6 Å². The topological polar surface area (TPSA) is 78.1 Å². The summed E-state index contributed by atoms with van der Waals surface area (Å²) in [6.45, 7) is 5.53. The molecule has 2 heterocycles. The van der Waals surface area contributed by atoms with Crippen molar-refractivity contribution in [2.24, 2.45) is 5.92 Å². The molecule has 0 saturated carbocycles. The summed E-state index contributed by atoms with van der Waals surface area (Å²) in [5.74, 6) is 0.390. The second-order valence-corrected chi connectivity index (χ2v) is 7.07. The first kappa shape index (κ1) is 14.5. The molecule has 1 unspecified atom stereocenters. The summed E-state index contributed by atoms with van der Waals surface area (Å²) < 4.78 is 27.0. The Hall–Kier alpha value is -0.920. The highest BCUT2D eigenvalue weighted by Crippen LogP contribution is 2.26. The fourth-order valence-corrected chi connectivity index (χ4v) is 4.64. The third-order valence-electron chi connectivity index (χ3n) is 3.63. The molecule has 1 aliphatic heterocycles. The summed E-state index contributed by atoms with van der Waals surface area (Å²) in [4.78, 5) is 0.345. The van der Waals surface area contributed by atoms with Crippen LogP contribution in [0.1, 0.15) is 24.2 Å². The van der Waals surface area contributed by atoms with Crippen molar-refractivity contribution in [3.8, 4) is 0 Å². The lowest BCUT2D eigenvalue weighted by molar-refractivity contribution is 0.263. The first-order valence-electron chi connectivity index (χ1n) is 6.63. The molecule has 1 saturated heterocycles. The number of rotatable bonds is 4. The minimum Gasteiger partial charge on any atom is -0.319 e. The van der Waals surface area contributed by atoms with E-state index in [1.54, 1.807) is 18.2 Å². The SMILES string of the molecule is CNCC1CCCN(S(=O)(=O)c2c(C)n[nH]c2C)C1. The normalized spacial score (nSPS) is 21.7. The zero-order valence-electron chi connectivity index (χ0n) is 11.7. The Kier molecular flexibility index (Phi) is 4.27. The van der Waals surface area contributed by atoms with Crippen molar-refractivity contribution >= 4 is 10.0 Å². The van der Waals surface area contributed by atoms with E-state index in [-0.39, 0.29) is 0 Å². The van der Waals surface area contributed by atoms with Gasteiger partial charge in [-0.15, -0.1) is 0 Å². The van der Waals surface area contributed by atoms with E-state index in [0.29, 0.717) is 35.3 Å². The molecule has 0 radical (unpaired) electrons. The van der Waals surface area contributed by atoms with Gasteiger partial charge >= 0.3 is 0 Å². The molecule has 0 amide bonds. The van der Waals surface area contributed by atoms with Gasteiger partial charge < -0.3 is 5.32 Å². The van der Waals surface area contributed by atoms with Gasteiger partial charge in [0.25, 0.3) is 0 Å². The average molecular weight is 286 g/mol. The molecule has 0 aromatic carbocycles. The van der Waals surface area contributed by atoms with Crippen LogP contribution in [-0.2, 0) is 10.0 Å². The smallest absolute Gasteiger partial charge is 0.246 e. The highest BCUT2D eigenvalue weighted by atomic mass is 32.2. The van der Waals surface area contributed by atoms with E-state index in [0.717, 1.165) is 19.4 Å². The molecule has 2 rings (SSSR count). The number of piperidine rings is 1. The van der Waals surface area contributed by atoms with Crippen molar-refractivity contribution in [2.45, 2.75) is 31.6 Å². The second kappa shape index (κ2) is 5.60. The van der Waals surface area contributed by atoms with Crippen LogP contribution in [0.2, 0.25) is 0 Å². The van der Waals surface area contributed by atoms with Crippen LogP contribution < -0.4 is 5.32 Å². The Morgan fingerprint density at radius 2 is 2.21 bits per heavy atom. The zero-order chi connectivity index (χ0) is 14.0. The van der Waals surface area contributed by atoms with Gasteiger partial charge in [-0.3, -0.25) is 5.10 Å². The molecule has 0 aliphatic carbocycles. The van der Waals surface area contributed by atoms with Crippen molar-refractivity contribution in [3.63, 3.8) is 0 Å². The summed E-state index contributed by atoms with van der Waals surface area (Å²) in [6, 6.07) is 0. The van der Waals surface area contributed by atoms with E-state index in [2.05, 4.69) is 15.5 Å². The Morgan fingerprint density at radius 3 is 2.79 bits per heavy atom. The molecule has 108 valence electrons. The second-order valence-electron chi connectivity index (χ2n) is 5.19. The molecule has 1 aromatic heterocycles. The van der Waals surface area contributed by atoms with Gasteiger partial charge in [0, 0.05) is 13.1 Å². The first-order chi connectivity index (χ1) is 8.96. The molecule has 0 spiro atoms. The highest BCUT2D eigenvalue weighted by Gasteiger charge is 2.33. The van der Waals surface area contributed by atoms with E-state index in [1.165, 1.54) is 0 Å². The molecular formula is C12H22N4O2S. The molecule has 1 aliphatic rings. The molecular weight excluding hydrogens is 264 g/mol. The summed E-state index contributed by atoms with van der Waals surface area (Å²) >= 11 is 0. The molecule has 6 nitrogen and oxygen atoms in total. The van der Waals surface area contributed by atoms with Gasteiger partial charge in [-0.1, -0.05) is 0 Å². The third kappa shape index (κ3) is 2.82. The number of hydrogen-bond acceptors (Lipinski definition) is 4. The van der Waals surface area contributed by atoms with Gasteiger partial charge in [-0.25, -0.2) is 8.42 Å². The number of aryl methyl sites for hydroxylation is 2. The largest absolute Gasteiger partial charge is 0.319 e. The predicted octanol–water partition coefficient (Wildman–Crippen LogP) is 0.647. The van der Waals surface area contributed by atoms with Gasteiger partial charge in [0.1, 0.15) is 4.90 Å². The van der Waals surface area contributed by atoms with Crippen molar-refractivity contribution in [2.75, 3.05) is 26.7 Å². The molecule has 2 N–H and O–H groups in total. The third-order valence-corrected chi connectivity index (χ3v) is 5.76. The maximum absolute atomic E-state index is 12.7. The summed E-state index contributed by atoms with van der Waals surface area (Å²) in [7, 11) is -1.52. The van der Waals surface area contributed by atoms with E-state index in [4.69, 9.17) is 0 Å². The lowest BCUT2D eigenvalue weighted by atomic mass is 10.00. The van der Waals surface area contributed by atoms with E-state index < -0.39 is 10.0 Å². The zero-order valence-corrected chi connectivity index (χ0v) is 12.5. The Labute approximate surface area is 114 Å². The van der Waals surface area contributed by atoms with Gasteiger partial charge in [-0.05, 0) is 46.2 Å². The standard InChI is InChI=1S/C12H22N4O2S/c1-9-12(10(2)15-14-9)19(17,18)16-6-4-5-11(8-16)7-13-3/h11,13H,4-8H2,1-3H3,(H,14,15). The lowest BCUT2D eigenvalue weighted by Gasteiger charge is -2.31. The van der Waals surface area contributed by atoms with Crippen LogP contribution in [0.4, 0.5) is 0 Å². The van der Waals surface area contributed by atoms with Crippen LogP contribution in [0.15, 0.2) is 4.90 Å². The van der Waals surface area contributed by atoms with Gasteiger partial charge in [0.2, 0.25) is 10.0 Å². The maximum atomic E-state index is 12.7. The fraction of sp³-hybridized carbons (Fsp3) is 0.750. The quantitative estimate of drug-likeness (QED) is 0.852. The van der Waals surface area contributed by atoms with Crippen molar-refractivity contribution < 1.29 is 8.42 Å². The van der Waals surface area contributed by atoms with Gasteiger partial charge in [0.05, 0.1) is 11.4 Å². The molecule has 19 heavy (non-hydrogen) atoms. The first-order valence-corrected chi connectivity index (χ1v) is 8.07. The highest BCUT2D eigenvalue weighted by molar-refractivity contribution is 7.89. The summed E-state index contributed by atoms with van der Waals surface area (Å²) in [5, 5.41) is 9.87. The minimum absolute atomic E-state index is 0.345. The minimum atomic E-state index is -3.42. The van der Waals surface area contributed by atoms with Crippen LogP contribution in [0.3, 0.4) is 0 Å². The predicted molar refractivity (Wildman–Crippen MR) is 73.5 cm³/mol. The van der Waals surface area contributed by atoms with Gasteiger partial charge in [-0.2, -0.15) is 9.40 Å². The Bertz CT molecular complexity index is 516. The monoisotopic (exact) mass is 286 g/mol. The van der Waals surface area contributed by atoms with E-state index >= 15 is 0 Å². The Balaban J connectivity index is 2.25. The molecule has 0 bridgehead atoms. The van der Waals surface area contributed by atoms with Gasteiger partial charge in [0.15, 0.2) is 0 Å². The van der Waals surface area contributed by atoms with Crippen molar-refractivity contribution in [1.29, 1.82) is 0 Å².